The average molecular weight is 302 g/mol. The number of hydrogen-bond donors (Lipinski definition) is 2. The molecule has 0 aromatic heterocycles. The second-order valence-corrected chi connectivity index (χ2v) is 5.57. The lowest BCUT2D eigenvalue weighted by Crippen LogP contribution is -2.15. The van der Waals surface area contributed by atoms with Gasteiger partial charge >= 0.3 is 0 Å². The summed E-state index contributed by atoms with van der Waals surface area (Å²) >= 11 is 1.51. The van der Waals surface area contributed by atoms with Crippen LogP contribution in [-0.4, -0.2) is 18.8 Å². The van der Waals surface area contributed by atoms with E-state index in [2.05, 4.69) is 5.32 Å². The Balaban J connectivity index is 1.95. The van der Waals surface area contributed by atoms with Gasteiger partial charge in [0, 0.05) is 11.0 Å². The van der Waals surface area contributed by atoms with Crippen LogP contribution < -0.4 is 15.8 Å². The Morgan fingerprint density at radius 2 is 2.05 bits per heavy atom. The van der Waals surface area contributed by atoms with Crippen LogP contribution in [-0.2, 0) is 4.79 Å². The van der Waals surface area contributed by atoms with Crippen molar-refractivity contribution in [2.24, 2.45) is 0 Å². The lowest BCUT2D eigenvalue weighted by atomic mass is 10.2. The molecule has 4 nitrogen and oxygen atoms in total. The van der Waals surface area contributed by atoms with Crippen LogP contribution in [0, 0.1) is 6.92 Å². The molecule has 110 valence electrons. The van der Waals surface area contributed by atoms with E-state index in [1.54, 1.807) is 25.3 Å². The van der Waals surface area contributed by atoms with Crippen molar-refractivity contribution in [1.82, 2.24) is 0 Å². The van der Waals surface area contributed by atoms with Gasteiger partial charge < -0.3 is 15.8 Å². The number of rotatable bonds is 5. The van der Waals surface area contributed by atoms with Crippen LogP contribution in [0.1, 0.15) is 5.56 Å². The van der Waals surface area contributed by atoms with Crippen LogP contribution in [0.2, 0.25) is 0 Å². The van der Waals surface area contributed by atoms with Crippen LogP contribution in [0.25, 0.3) is 0 Å². The molecule has 0 saturated carbocycles. The molecule has 5 heteroatoms. The second kappa shape index (κ2) is 7.04. The number of nitrogens with one attached hydrogen (secondary N) is 1. The van der Waals surface area contributed by atoms with E-state index in [4.69, 9.17) is 10.5 Å². The van der Waals surface area contributed by atoms with Gasteiger partial charge in [0.2, 0.25) is 5.91 Å². The first-order chi connectivity index (χ1) is 10.1. The standard InChI is InChI=1S/C16H18N2O2S/c1-11-5-3-4-6-15(11)21-10-16(19)18-14-8-7-12(20-2)9-13(14)17/h3-9H,10,17H2,1-2H3,(H,18,19). The zero-order chi connectivity index (χ0) is 15.2. The maximum atomic E-state index is 12.0. The Kier molecular flexibility index (Phi) is 5.11. The van der Waals surface area contributed by atoms with Gasteiger partial charge in [0.25, 0.3) is 0 Å². The van der Waals surface area contributed by atoms with E-state index in [0.717, 1.165) is 4.90 Å². The van der Waals surface area contributed by atoms with Gasteiger partial charge in [0.1, 0.15) is 5.75 Å². The van der Waals surface area contributed by atoms with Crippen molar-refractivity contribution in [3.05, 3.63) is 48.0 Å². The number of carbonyl (C=O) groups is 1. The van der Waals surface area contributed by atoms with Crippen LogP contribution in [0.4, 0.5) is 11.4 Å². The molecule has 2 aromatic carbocycles. The number of aryl methyl sites for hydroxylation is 1. The molecule has 2 aromatic rings. The number of benzene rings is 2. The summed E-state index contributed by atoms with van der Waals surface area (Å²) in [5, 5.41) is 2.81. The van der Waals surface area contributed by atoms with Gasteiger partial charge in [0.15, 0.2) is 0 Å². The van der Waals surface area contributed by atoms with Gasteiger partial charge in [-0.15, -0.1) is 11.8 Å². The number of carbonyl (C=O) groups excluding carboxylic acids is 1. The predicted octanol–water partition coefficient (Wildman–Crippen LogP) is 3.32. The SMILES string of the molecule is COc1ccc(NC(=O)CSc2ccccc2C)c(N)c1. The summed E-state index contributed by atoms with van der Waals surface area (Å²) in [5.41, 5.74) is 8.13. The minimum atomic E-state index is -0.0832. The molecule has 0 bridgehead atoms. The fourth-order valence-corrected chi connectivity index (χ4v) is 2.66. The molecular formula is C16H18N2O2S. The zero-order valence-corrected chi connectivity index (χ0v) is 12.9. The number of nitrogen functional groups attached to an aromatic ring is 1. The number of ether oxygens (including phenoxy) is 1. The van der Waals surface area contributed by atoms with Gasteiger partial charge in [-0.25, -0.2) is 0 Å². The largest absolute Gasteiger partial charge is 0.497 e. The van der Waals surface area contributed by atoms with Crippen LogP contribution in [0.15, 0.2) is 47.4 Å². The maximum absolute atomic E-state index is 12.0. The molecule has 2 rings (SSSR count). The Labute approximate surface area is 128 Å². The van der Waals surface area contributed by atoms with Gasteiger partial charge in [-0.05, 0) is 30.7 Å². The van der Waals surface area contributed by atoms with Crippen molar-refractivity contribution in [3.8, 4) is 5.75 Å². The normalized spacial score (nSPS) is 10.2. The average Bonchev–Trinajstić information content (AvgIpc) is 2.48. The van der Waals surface area contributed by atoms with Gasteiger partial charge in [-0.2, -0.15) is 0 Å². The topological polar surface area (TPSA) is 64.3 Å². The predicted molar refractivity (Wildman–Crippen MR) is 87.9 cm³/mol. The first-order valence-electron chi connectivity index (χ1n) is 6.52. The number of thioether (sulfide) groups is 1. The van der Waals surface area contributed by atoms with Crippen molar-refractivity contribution in [2.45, 2.75) is 11.8 Å². The summed E-state index contributed by atoms with van der Waals surface area (Å²) < 4.78 is 5.08. The first-order valence-corrected chi connectivity index (χ1v) is 7.50. The minimum Gasteiger partial charge on any atom is -0.497 e. The van der Waals surface area contributed by atoms with Crippen molar-refractivity contribution >= 4 is 29.0 Å². The van der Waals surface area contributed by atoms with E-state index in [9.17, 15) is 4.79 Å². The molecule has 0 radical (unpaired) electrons. The van der Waals surface area contributed by atoms with Gasteiger partial charge in [-0.3, -0.25) is 4.79 Å². The third kappa shape index (κ3) is 4.16. The molecule has 3 N–H and O–H groups in total. The van der Waals surface area contributed by atoms with E-state index in [1.165, 1.54) is 17.3 Å². The zero-order valence-electron chi connectivity index (χ0n) is 12.1. The van der Waals surface area contributed by atoms with Crippen LogP contribution in [0.5, 0.6) is 5.75 Å². The molecule has 0 heterocycles. The van der Waals surface area contributed by atoms with Crippen molar-refractivity contribution in [3.63, 3.8) is 0 Å². The fraction of sp³-hybridized carbons (Fsp3) is 0.188. The smallest absolute Gasteiger partial charge is 0.234 e. The molecule has 0 fully saturated rings. The van der Waals surface area contributed by atoms with Gasteiger partial charge in [-0.1, -0.05) is 18.2 Å². The van der Waals surface area contributed by atoms with E-state index < -0.39 is 0 Å². The summed E-state index contributed by atoms with van der Waals surface area (Å²) in [7, 11) is 1.58. The van der Waals surface area contributed by atoms with Crippen molar-refractivity contribution < 1.29 is 9.53 Å². The molecule has 0 aliphatic rings. The Morgan fingerprint density at radius 1 is 1.29 bits per heavy atom. The molecule has 1 amide bonds. The lowest BCUT2D eigenvalue weighted by Gasteiger charge is -2.10. The highest BCUT2D eigenvalue weighted by Gasteiger charge is 2.08. The molecule has 0 atom stereocenters. The van der Waals surface area contributed by atoms with Crippen LogP contribution in [0.3, 0.4) is 0 Å². The second-order valence-electron chi connectivity index (χ2n) is 4.56. The fourth-order valence-electron chi connectivity index (χ4n) is 1.83. The monoisotopic (exact) mass is 302 g/mol. The Morgan fingerprint density at radius 3 is 2.71 bits per heavy atom. The molecule has 0 unspecified atom stereocenters. The highest BCUT2D eigenvalue weighted by atomic mass is 32.2. The van der Waals surface area contributed by atoms with Crippen LogP contribution >= 0.6 is 11.8 Å². The Bertz CT molecular complexity index is 644. The van der Waals surface area contributed by atoms with E-state index >= 15 is 0 Å². The summed E-state index contributed by atoms with van der Waals surface area (Å²) in [4.78, 5) is 13.1. The number of hydrogen-bond acceptors (Lipinski definition) is 4. The number of anilines is 2. The number of methoxy groups -OCH3 is 1. The third-order valence-electron chi connectivity index (χ3n) is 2.99. The first kappa shape index (κ1) is 15.3. The van der Waals surface area contributed by atoms with Gasteiger partial charge in [0.05, 0.1) is 24.2 Å². The summed E-state index contributed by atoms with van der Waals surface area (Å²) in [5.74, 6) is 0.927. The number of amides is 1. The molecule has 0 aliphatic carbocycles. The molecule has 0 spiro atoms. The van der Waals surface area contributed by atoms with E-state index in [-0.39, 0.29) is 5.91 Å². The lowest BCUT2D eigenvalue weighted by molar-refractivity contribution is -0.113. The van der Waals surface area contributed by atoms with Crippen molar-refractivity contribution in [2.75, 3.05) is 23.9 Å². The minimum absolute atomic E-state index is 0.0832. The summed E-state index contributed by atoms with van der Waals surface area (Å²) in [6.07, 6.45) is 0. The van der Waals surface area contributed by atoms with E-state index in [0.29, 0.717) is 22.9 Å². The molecule has 21 heavy (non-hydrogen) atoms. The summed E-state index contributed by atoms with van der Waals surface area (Å²) in [6.45, 7) is 2.03. The highest BCUT2D eigenvalue weighted by Crippen LogP contribution is 2.25. The Hall–Kier alpha value is -2.14. The van der Waals surface area contributed by atoms with Crippen molar-refractivity contribution in [1.29, 1.82) is 0 Å². The molecule has 0 aliphatic heterocycles. The quantitative estimate of drug-likeness (QED) is 0.657. The third-order valence-corrected chi connectivity index (χ3v) is 4.16. The summed E-state index contributed by atoms with van der Waals surface area (Å²) in [6, 6.07) is 13.2. The molecular weight excluding hydrogens is 284 g/mol. The maximum Gasteiger partial charge on any atom is 0.234 e. The number of nitrogens with two attached hydrogens (primary N) is 1. The highest BCUT2D eigenvalue weighted by molar-refractivity contribution is 8.00. The van der Waals surface area contributed by atoms with E-state index in [1.807, 2.05) is 31.2 Å². The molecule has 0 saturated heterocycles.